The molecule has 2 N–H and O–H groups in total. The van der Waals surface area contributed by atoms with E-state index in [0.717, 1.165) is 11.0 Å². The van der Waals surface area contributed by atoms with Gasteiger partial charge in [0, 0.05) is 44.5 Å². The molecule has 1 fully saturated rings. The third kappa shape index (κ3) is 4.44. The van der Waals surface area contributed by atoms with Crippen molar-refractivity contribution >= 4 is 6.09 Å². The van der Waals surface area contributed by atoms with Gasteiger partial charge in [-0.3, -0.25) is 9.36 Å². The van der Waals surface area contributed by atoms with Gasteiger partial charge in [-0.05, 0) is 27.2 Å². The topological polar surface area (TPSA) is 94.4 Å². The van der Waals surface area contributed by atoms with Crippen molar-refractivity contribution in [2.24, 2.45) is 14.1 Å². The third-order valence-corrected chi connectivity index (χ3v) is 3.56. The van der Waals surface area contributed by atoms with Gasteiger partial charge in [0.25, 0.3) is 5.56 Å². The summed E-state index contributed by atoms with van der Waals surface area (Å²) < 4.78 is 7.65. The number of hydrogen-bond donors (Lipinski definition) is 2. The van der Waals surface area contributed by atoms with Crippen LogP contribution in [0.4, 0.5) is 4.79 Å². The number of hydrogen-bond acceptors (Lipinski definition) is 5. The maximum Gasteiger partial charge on any atom is 0.407 e. The molecule has 2 rings (SSSR count). The van der Waals surface area contributed by atoms with E-state index >= 15 is 0 Å². The number of carbonyl (C=O) groups is 1. The first kappa shape index (κ1) is 17.3. The summed E-state index contributed by atoms with van der Waals surface area (Å²) in [6, 6.07) is 0.102. The van der Waals surface area contributed by atoms with E-state index in [1.54, 1.807) is 7.05 Å². The van der Waals surface area contributed by atoms with Gasteiger partial charge >= 0.3 is 11.8 Å². The zero-order chi connectivity index (χ0) is 17.4. The van der Waals surface area contributed by atoms with Crippen LogP contribution in [-0.4, -0.2) is 32.9 Å². The average molecular weight is 324 g/mol. The minimum Gasteiger partial charge on any atom is -0.444 e. The first-order valence-electron chi connectivity index (χ1n) is 7.57. The first-order valence-corrected chi connectivity index (χ1v) is 7.57. The summed E-state index contributed by atoms with van der Waals surface area (Å²) in [7, 11) is 3.06. The van der Waals surface area contributed by atoms with Crippen LogP contribution < -0.4 is 21.9 Å². The Morgan fingerprint density at radius 3 is 2.57 bits per heavy atom. The number of nitrogens with zero attached hydrogens (tertiary/aromatic N) is 2. The van der Waals surface area contributed by atoms with Crippen molar-refractivity contribution in [3.63, 3.8) is 0 Å². The maximum absolute atomic E-state index is 12.0. The number of carbonyl (C=O) groups excluding carboxylic acids is 1. The van der Waals surface area contributed by atoms with Crippen molar-refractivity contribution < 1.29 is 9.53 Å². The van der Waals surface area contributed by atoms with Crippen LogP contribution in [0.1, 0.15) is 32.8 Å². The van der Waals surface area contributed by atoms with E-state index in [0.29, 0.717) is 12.1 Å². The predicted molar refractivity (Wildman–Crippen MR) is 85.3 cm³/mol. The number of ether oxygens (including phenoxy) is 1. The molecule has 23 heavy (non-hydrogen) atoms. The molecule has 0 aliphatic heterocycles. The average Bonchev–Trinajstić information content (AvgIpc) is 3.14. The van der Waals surface area contributed by atoms with E-state index in [-0.39, 0.29) is 23.3 Å². The van der Waals surface area contributed by atoms with Crippen LogP contribution in [-0.2, 0) is 25.4 Å². The number of alkyl carbamates (subject to hydrolysis) is 1. The van der Waals surface area contributed by atoms with Gasteiger partial charge in [-0.25, -0.2) is 9.59 Å². The summed E-state index contributed by atoms with van der Waals surface area (Å²) in [5, 5.41) is 5.99. The lowest BCUT2D eigenvalue weighted by Crippen LogP contribution is -2.40. The van der Waals surface area contributed by atoms with Gasteiger partial charge in [0.2, 0.25) is 0 Å². The van der Waals surface area contributed by atoms with Crippen LogP contribution in [0.3, 0.4) is 0 Å². The van der Waals surface area contributed by atoms with Crippen LogP contribution >= 0.6 is 0 Å². The third-order valence-electron chi connectivity index (χ3n) is 3.56. The molecule has 1 amide bonds. The Labute approximate surface area is 134 Å². The van der Waals surface area contributed by atoms with Crippen LogP contribution in [0.2, 0.25) is 0 Å². The van der Waals surface area contributed by atoms with Gasteiger partial charge in [0.05, 0.1) is 0 Å². The summed E-state index contributed by atoms with van der Waals surface area (Å²) in [5.41, 5.74) is -0.673. The smallest absolute Gasteiger partial charge is 0.407 e. The van der Waals surface area contributed by atoms with Crippen molar-refractivity contribution in [2.45, 2.75) is 51.4 Å². The molecule has 2 unspecified atom stereocenters. The molecule has 0 aromatic carbocycles. The molecular formula is C15H24N4O4. The standard InChI is InChI=1S/C15H24N4O4/c1-15(2,3)23-13(21)17-11-6-10(11)16-7-9-8-18(4)14(22)19(5)12(9)20/h8,10-11,16H,6-7H2,1-5H3,(H,17,21). The van der Waals surface area contributed by atoms with E-state index in [9.17, 15) is 14.4 Å². The van der Waals surface area contributed by atoms with Gasteiger partial charge in [0.15, 0.2) is 0 Å². The zero-order valence-electron chi connectivity index (χ0n) is 14.2. The van der Waals surface area contributed by atoms with Gasteiger partial charge in [0.1, 0.15) is 5.60 Å². The summed E-state index contributed by atoms with van der Waals surface area (Å²) in [5.74, 6) is 0. The van der Waals surface area contributed by atoms with Crippen molar-refractivity contribution in [1.82, 2.24) is 19.8 Å². The Morgan fingerprint density at radius 2 is 1.96 bits per heavy atom. The Bertz CT molecular complexity index is 714. The fourth-order valence-corrected chi connectivity index (χ4v) is 2.28. The van der Waals surface area contributed by atoms with Gasteiger partial charge in [-0.1, -0.05) is 0 Å². The van der Waals surface area contributed by atoms with E-state index in [1.165, 1.54) is 17.8 Å². The molecule has 2 atom stereocenters. The van der Waals surface area contributed by atoms with Gasteiger partial charge < -0.3 is 19.9 Å². The number of amides is 1. The lowest BCUT2D eigenvalue weighted by atomic mass is 10.2. The molecule has 8 heteroatoms. The zero-order valence-corrected chi connectivity index (χ0v) is 14.2. The van der Waals surface area contributed by atoms with Gasteiger partial charge in [-0.15, -0.1) is 0 Å². The Balaban J connectivity index is 1.87. The quantitative estimate of drug-likeness (QED) is 0.802. The summed E-state index contributed by atoms with van der Waals surface area (Å²) in [6.07, 6.45) is 1.88. The summed E-state index contributed by atoms with van der Waals surface area (Å²) in [6.45, 7) is 5.78. The minimum absolute atomic E-state index is 0.00114. The maximum atomic E-state index is 12.0. The van der Waals surface area contributed by atoms with Crippen molar-refractivity contribution in [1.29, 1.82) is 0 Å². The monoisotopic (exact) mass is 324 g/mol. The van der Waals surface area contributed by atoms with E-state index < -0.39 is 11.7 Å². The number of aromatic nitrogens is 2. The first-order chi connectivity index (χ1) is 10.6. The molecule has 1 aromatic heterocycles. The second-order valence-corrected chi connectivity index (χ2v) is 6.89. The lowest BCUT2D eigenvalue weighted by Gasteiger charge is -2.19. The number of aryl methyl sites for hydroxylation is 1. The molecule has 8 nitrogen and oxygen atoms in total. The van der Waals surface area contributed by atoms with E-state index in [2.05, 4.69) is 10.6 Å². The predicted octanol–water partition coefficient (Wildman–Crippen LogP) is -0.161. The molecule has 0 radical (unpaired) electrons. The SMILES string of the molecule is Cn1cc(CNC2CC2NC(=O)OC(C)(C)C)c(=O)n(C)c1=O. The molecule has 1 saturated carbocycles. The Hall–Kier alpha value is -2.09. The highest BCUT2D eigenvalue weighted by Crippen LogP contribution is 2.22. The van der Waals surface area contributed by atoms with Crippen molar-refractivity contribution in [3.8, 4) is 0 Å². The lowest BCUT2D eigenvalue weighted by molar-refractivity contribution is 0.0522. The van der Waals surface area contributed by atoms with Crippen LogP contribution in [0, 0.1) is 0 Å². The second-order valence-electron chi connectivity index (χ2n) is 6.89. The molecule has 0 saturated heterocycles. The fourth-order valence-electron chi connectivity index (χ4n) is 2.28. The number of rotatable bonds is 4. The summed E-state index contributed by atoms with van der Waals surface area (Å²) in [4.78, 5) is 35.3. The van der Waals surface area contributed by atoms with E-state index in [4.69, 9.17) is 4.74 Å². The minimum atomic E-state index is -0.525. The highest BCUT2D eigenvalue weighted by Gasteiger charge is 2.39. The summed E-state index contributed by atoms with van der Waals surface area (Å²) >= 11 is 0. The Kier molecular flexibility index (Phi) is 4.65. The second kappa shape index (κ2) is 6.19. The molecule has 1 aliphatic carbocycles. The normalized spacial score (nSPS) is 20.2. The van der Waals surface area contributed by atoms with Crippen LogP contribution in [0.15, 0.2) is 15.8 Å². The highest BCUT2D eigenvalue weighted by molar-refractivity contribution is 5.68. The van der Waals surface area contributed by atoms with Crippen LogP contribution in [0.25, 0.3) is 0 Å². The molecule has 0 spiro atoms. The molecule has 0 bridgehead atoms. The van der Waals surface area contributed by atoms with Gasteiger partial charge in [-0.2, -0.15) is 0 Å². The molecule has 1 aromatic rings. The highest BCUT2D eigenvalue weighted by atomic mass is 16.6. The van der Waals surface area contributed by atoms with E-state index in [1.807, 2.05) is 20.8 Å². The Morgan fingerprint density at radius 1 is 1.30 bits per heavy atom. The molecule has 128 valence electrons. The molecule has 1 aliphatic rings. The van der Waals surface area contributed by atoms with Crippen molar-refractivity contribution in [2.75, 3.05) is 0 Å². The number of nitrogens with one attached hydrogen (secondary N) is 2. The fraction of sp³-hybridized carbons (Fsp3) is 0.667. The molecule has 1 heterocycles. The molecular weight excluding hydrogens is 300 g/mol. The largest absolute Gasteiger partial charge is 0.444 e. The van der Waals surface area contributed by atoms with Crippen LogP contribution in [0.5, 0.6) is 0 Å². The van der Waals surface area contributed by atoms with Crippen molar-refractivity contribution in [3.05, 3.63) is 32.6 Å².